The van der Waals surface area contributed by atoms with Crippen LogP contribution < -0.4 is 10.6 Å². The van der Waals surface area contributed by atoms with Crippen LogP contribution >= 0.6 is 0 Å². The van der Waals surface area contributed by atoms with Gasteiger partial charge in [0.15, 0.2) is 0 Å². The first-order chi connectivity index (χ1) is 9.81. The number of hydrogen-bond acceptors (Lipinski definition) is 5. The van der Waals surface area contributed by atoms with Crippen LogP contribution in [0.3, 0.4) is 0 Å². The van der Waals surface area contributed by atoms with Crippen LogP contribution in [0.2, 0.25) is 0 Å². The number of aromatic nitrogens is 4. The number of nitrogens with one attached hydrogen (secondary N) is 2. The third-order valence-electron chi connectivity index (χ3n) is 2.88. The Labute approximate surface area is 119 Å². The van der Waals surface area contributed by atoms with Crippen LogP contribution in [0.4, 0.5) is 11.6 Å². The van der Waals surface area contributed by atoms with Crippen LogP contribution in [0.25, 0.3) is 0 Å². The zero-order chi connectivity index (χ0) is 14.2. The van der Waals surface area contributed by atoms with Gasteiger partial charge >= 0.3 is 0 Å². The number of anilines is 2. The molecule has 0 aliphatic heterocycles. The molecule has 2 heterocycles. The molecular formula is C14H22N6. The Kier molecular flexibility index (Phi) is 5.34. The predicted molar refractivity (Wildman–Crippen MR) is 80.9 cm³/mol. The number of aryl methyl sites for hydroxylation is 1. The molecule has 6 heteroatoms. The summed E-state index contributed by atoms with van der Waals surface area (Å²) in [7, 11) is 0. The van der Waals surface area contributed by atoms with Crippen LogP contribution in [-0.2, 0) is 13.0 Å². The molecule has 0 aliphatic carbocycles. The second-order valence-electron chi connectivity index (χ2n) is 4.56. The molecule has 0 atom stereocenters. The van der Waals surface area contributed by atoms with Gasteiger partial charge < -0.3 is 15.2 Å². The van der Waals surface area contributed by atoms with E-state index in [0.29, 0.717) is 0 Å². The molecule has 2 aromatic rings. The molecule has 0 spiro atoms. The maximum absolute atomic E-state index is 4.49. The van der Waals surface area contributed by atoms with Crippen molar-refractivity contribution < 1.29 is 0 Å². The lowest BCUT2D eigenvalue weighted by molar-refractivity contribution is 0.724. The van der Waals surface area contributed by atoms with Crippen molar-refractivity contribution in [3.63, 3.8) is 0 Å². The van der Waals surface area contributed by atoms with Crippen molar-refractivity contribution in [1.29, 1.82) is 0 Å². The van der Waals surface area contributed by atoms with Crippen LogP contribution in [0.1, 0.15) is 26.1 Å². The number of imidazole rings is 1. The minimum absolute atomic E-state index is 0.809. The van der Waals surface area contributed by atoms with E-state index in [2.05, 4.69) is 39.4 Å². The summed E-state index contributed by atoms with van der Waals surface area (Å²) in [5, 5.41) is 6.64. The average Bonchev–Trinajstić information content (AvgIpc) is 2.98. The topological polar surface area (TPSA) is 67.7 Å². The summed E-state index contributed by atoms with van der Waals surface area (Å²) in [5.74, 6) is 2.62. The van der Waals surface area contributed by atoms with Gasteiger partial charge in [-0.2, -0.15) is 0 Å². The van der Waals surface area contributed by atoms with E-state index in [-0.39, 0.29) is 0 Å². The first kappa shape index (κ1) is 14.3. The Morgan fingerprint density at radius 1 is 1.10 bits per heavy atom. The summed E-state index contributed by atoms with van der Waals surface area (Å²) in [6.45, 7) is 6.80. The van der Waals surface area contributed by atoms with Crippen molar-refractivity contribution in [2.45, 2.75) is 33.2 Å². The van der Waals surface area contributed by atoms with Crippen molar-refractivity contribution in [2.75, 3.05) is 23.7 Å². The van der Waals surface area contributed by atoms with E-state index in [1.165, 1.54) is 0 Å². The van der Waals surface area contributed by atoms with Gasteiger partial charge in [-0.25, -0.2) is 15.0 Å². The molecule has 0 aromatic carbocycles. The van der Waals surface area contributed by atoms with Gasteiger partial charge in [-0.05, 0) is 6.42 Å². The van der Waals surface area contributed by atoms with Gasteiger partial charge in [0.05, 0.1) is 6.33 Å². The van der Waals surface area contributed by atoms with Gasteiger partial charge in [0.25, 0.3) is 0 Å². The van der Waals surface area contributed by atoms with E-state index >= 15 is 0 Å². The lowest BCUT2D eigenvalue weighted by Crippen LogP contribution is -2.12. The van der Waals surface area contributed by atoms with E-state index in [0.717, 1.165) is 49.9 Å². The van der Waals surface area contributed by atoms with Crippen LogP contribution in [-0.4, -0.2) is 32.6 Å². The quantitative estimate of drug-likeness (QED) is 0.772. The predicted octanol–water partition coefficient (Wildman–Crippen LogP) is 2.17. The molecule has 0 amide bonds. The standard InChI is InChI=1S/C14H22N6/c1-3-5-16-13-10-14(19-12(4-2)18-13)17-7-9-20-8-6-15-11-20/h6,8,10-11H,3-5,7,9H2,1-2H3,(H2,16,17,18,19). The first-order valence-corrected chi connectivity index (χ1v) is 7.13. The van der Waals surface area contributed by atoms with E-state index < -0.39 is 0 Å². The summed E-state index contributed by atoms with van der Waals surface area (Å²) >= 11 is 0. The van der Waals surface area contributed by atoms with E-state index in [9.17, 15) is 0 Å². The molecule has 108 valence electrons. The zero-order valence-corrected chi connectivity index (χ0v) is 12.1. The second-order valence-corrected chi connectivity index (χ2v) is 4.56. The minimum Gasteiger partial charge on any atom is -0.370 e. The Balaban J connectivity index is 1.94. The molecule has 2 rings (SSSR count). The molecule has 0 aliphatic rings. The lowest BCUT2D eigenvalue weighted by atomic mass is 10.4. The summed E-state index contributed by atoms with van der Waals surface area (Å²) in [6, 6.07) is 1.96. The Morgan fingerprint density at radius 2 is 1.85 bits per heavy atom. The molecule has 0 fully saturated rings. The van der Waals surface area contributed by atoms with Crippen molar-refractivity contribution in [3.8, 4) is 0 Å². The molecule has 20 heavy (non-hydrogen) atoms. The highest BCUT2D eigenvalue weighted by Gasteiger charge is 2.03. The van der Waals surface area contributed by atoms with Gasteiger partial charge in [-0.15, -0.1) is 0 Å². The molecule has 6 nitrogen and oxygen atoms in total. The van der Waals surface area contributed by atoms with E-state index in [1.54, 1.807) is 6.20 Å². The van der Waals surface area contributed by atoms with Gasteiger partial charge in [0.2, 0.25) is 0 Å². The zero-order valence-electron chi connectivity index (χ0n) is 12.1. The van der Waals surface area contributed by atoms with E-state index in [1.807, 2.05) is 23.2 Å². The highest BCUT2D eigenvalue weighted by Crippen LogP contribution is 2.11. The maximum Gasteiger partial charge on any atom is 0.132 e. The highest BCUT2D eigenvalue weighted by molar-refractivity contribution is 5.47. The summed E-state index contributed by atoms with van der Waals surface area (Å²) in [6.07, 6.45) is 7.46. The van der Waals surface area contributed by atoms with Crippen molar-refractivity contribution >= 4 is 11.6 Å². The molecule has 2 aromatic heterocycles. The monoisotopic (exact) mass is 274 g/mol. The molecule has 0 saturated carbocycles. The normalized spacial score (nSPS) is 10.5. The van der Waals surface area contributed by atoms with Gasteiger partial charge in [0, 0.05) is 44.5 Å². The fraction of sp³-hybridized carbons (Fsp3) is 0.500. The van der Waals surface area contributed by atoms with Crippen LogP contribution in [0.5, 0.6) is 0 Å². The third kappa shape index (κ3) is 4.22. The lowest BCUT2D eigenvalue weighted by Gasteiger charge is -2.10. The molecule has 2 N–H and O–H groups in total. The molecule has 0 bridgehead atoms. The van der Waals surface area contributed by atoms with Crippen LogP contribution in [0.15, 0.2) is 24.8 Å². The van der Waals surface area contributed by atoms with Gasteiger partial charge in [-0.3, -0.25) is 0 Å². The fourth-order valence-electron chi connectivity index (χ4n) is 1.82. The minimum atomic E-state index is 0.809. The summed E-state index contributed by atoms with van der Waals surface area (Å²) < 4.78 is 2.03. The third-order valence-corrected chi connectivity index (χ3v) is 2.88. The number of rotatable bonds is 8. The maximum atomic E-state index is 4.49. The Hall–Kier alpha value is -2.11. The van der Waals surface area contributed by atoms with Crippen molar-refractivity contribution in [2.24, 2.45) is 0 Å². The molecular weight excluding hydrogens is 252 g/mol. The van der Waals surface area contributed by atoms with Crippen molar-refractivity contribution in [1.82, 2.24) is 19.5 Å². The van der Waals surface area contributed by atoms with Crippen molar-refractivity contribution in [3.05, 3.63) is 30.6 Å². The Bertz CT molecular complexity index is 508. The van der Waals surface area contributed by atoms with Gasteiger partial charge in [-0.1, -0.05) is 13.8 Å². The first-order valence-electron chi connectivity index (χ1n) is 7.13. The largest absolute Gasteiger partial charge is 0.370 e. The summed E-state index contributed by atoms with van der Waals surface area (Å²) in [5.41, 5.74) is 0. The summed E-state index contributed by atoms with van der Waals surface area (Å²) in [4.78, 5) is 13.0. The van der Waals surface area contributed by atoms with E-state index in [4.69, 9.17) is 0 Å². The smallest absolute Gasteiger partial charge is 0.132 e. The SMILES string of the molecule is CCCNc1cc(NCCn2ccnc2)nc(CC)n1. The molecule has 0 saturated heterocycles. The average molecular weight is 274 g/mol. The number of hydrogen-bond donors (Lipinski definition) is 2. The highest BCUT2D eigenvalue weighted by atomic mass is 15.1. The Morgan fingerprint density at radius 3 is 2.45 bits per heavy atom. The van der Waals surface area contributed by atoms with Gasteiger partial charge in [0.1, 0.15) is 17.5 Å². The fourth-order valence-corrected chi connectivity index (χ4v) is 1.82. The number of nitrogens with zero attached hydrogens (tertiary/aromatic N) is 4. The van der Waals surface area contributed by atoms with Crippen LogP contribution in [0, 0.1) is 0 Å². The molecule has 0 unspecified atom stereocenters. The molecule has 0 radical (unpaired) electrons. The second kappa shape index (κ2) is 7.47.